The molecule has 1 heterocycles. The van der Waals surface area contributed by atoms with Gasteiger partial charge in [-0.2, -0.15) is 0 Å². The summed E-state index contributed by atoms with van der Waals surface area (Å²) in [4.78, 5) is 29.1. The number of benzene rings is 1. The molecule has 4 heteroatoms. The zero-order chi connectivity index (χ0) is 15.2. The number of rotatable bonds is 5. The number of ketones is 1. The SMILES string of the molecule is CC/C=C1\SC(/C(=C/CC)C(=O)c2ccccc2)=NC1=O. The van der Waals surface area contributed by atoms with Gasteiger partial charge in [0, 0.05) is 5.56 Å². The Balaban J connectivity index is 2.32. The molecule has 1 aromatic carbocycles. The zero-order valence-electron chi connectivity index (χ0n) is 12.1. The summed E-state index contributed by atoms with van der Waals surface area (Å²) in [5.41, 5.74) is 1.13. The van der Waals surface area contributed by atoms with Crippen LogP contribution in [0.4, 0.5) is 0 Å². The molecule has 1 aliphatic heterocycles. The van der Waals surface area contributed by atoms with Crippen LogP contribution in [0.5, 0.6) is 0 Å². The van der Waals surface area contributed by atoms with Gasteiger partial charge in [-0.15, -0.1) is 0 Å². The number of thioether (sulfide) groups is 1. The Labute approximate surface area is 128 Å². The molecule has 0 spiro atoms. The van der Waals surface area contributed by atoms with Crippen LogP contribution in [-0.2, 0) is 4.79 Å². The number of aliphatic imine (C=N–C) groups is 1. The molecule has 3 nitrogen and oxygen atoms in total. The van der Waals surface area contributed by atoms with Gasteiger partial charge in [-0.05, 0) is 12.8 Å². The molecule has 0 aliphatic carbocycles. The quantitative estimate of drug-likeness (QED) is 0.605. The summed E-state index contributed by atoms with van der Waals surface area (Å²) in [6.07, 6.45) is 5.17. The maximum Gasteiger partial charge on any atom is 0.284 e. The Bertz CT molecular complexity index is 642. The molecular weight excluding hydrogens is 282 g/mol. The van der Waals surface area contributed by atoms with Crippen molar-refractivity contribution in [2.24, 2.45) is 4.99 Å². The number of amides is 1. The summed E-state index contributed by atoms with van der Waals surface area (Å²) in [5.74, 6) is -0.339. The first-order chi connectivity index (χ1) is 10.2. The second-order valence-electron chi connectivity index (χ2n) is 4.52. The standard InChI is InChI=1S/C17H17NO2S/c1-3-8-13(15(19)12-10-6-5-7-11-12)17-18-16(20)14(21-17)9-4-2/h5-11H,3-4H2,1-2H3/b13-8+,14-9-. The fraction of sp³-hybridized carbons (Fsp3) is 0.235. The molecular formula is C17H17NO2S. The average Bonchev–Trinajstić information content (AvgIpc) is 2.86. The molecule has 1 aromatic rings. The number of hydrogen-bond acceptors (Lipinski definition) is 3. The number of hydrogen-bond donors (Lipinski definition) is 0. The van der Waals surface area contributed by atoms with Crippen molar-refractivity contribution in [2.45, 2.75) is 26.7 Å². The van der Waals surface area contributed by atoms with Crippen LogP contribution in [0.15, 0.2) is 58.0 Å². The second kappa shape index (κ2) is 7.18. The van der Waals surface area contributed by atoms with Crippen molar-refractivity contribution in [3.63, 3.8) is 0 Å². The molecule has 0 saturated heterocycles. The van der Waals surface area contributed by atoms with E-state index < -0.39 is 0 Å². The largest absolute Gasteiger partial charge is 0.289 e. The van der Waals surface area contributed by atoms with E-state index in [2.05, 4.69) is 4.99 Å². The van der Waals surface area contributed by atoms with Gasteiger partial charge >= 0.3 is 0 Å². The Morgan fingerprint density at radius 3 is 2.52 bits per heavy atom. The lowest BCUT2D eigenvalue weighted by Gasteiger charge is -2.05. The maximum atomic E-state index is 12.6. The minimum atomic E-state index is -0.250. The predicted molar refractivity (Wildman–Crippen MR) is 87.6 cm³/mol. The molecule has 0 unspecified atom stereocenters. The van der Waals surface area contributed by atoms with E-state index in [-0.39, 0.29) is 11.7 Å². The van der Waals surface area contributed by atoms with Gasteiger partial charge in [0.2, 0.25) is 0 Å². The molecule has 21 heavy (non-hydrogen) atoms. The number of carbonyl (C=O) groups is 2. The first kappa shape index (κ1) is 15.4. The highest BCUT2D eigenvalue weighted by Gasteiger charge is 2.27. The van der Waals surface area contributed by atoms with Crippen LogP contribution in [0.2, 0.25) is 0 Å². The molecule has 0 saturated carbocycles. The Morgan fingerprint density at radius 1 is 1.19 bits per heavy atom. The van der Waals surface area contributed by atoms with Crippen LogP contribution < -0.4 is 0 Å². The molecule has 0 fully saturated rings. The van der Waals surface area contributed by atoms with Crippen molar-refractivity contribution in [3.8, 4) is 0 Å². The van der Waals surface area contributed by atoms with E-state index in [9.17, 15) is 9.59 Å². The second-order valence-corrected chi connectivity index (χ2v) is 5.55. The van der Waals surface area contributed by atoms with Crippen molar-refractivity contribution in [1.82, 2.24) is 0 Å². The smallest absolute Gasteiger partial charge is 0.284 e. The van der Waals surface area contributed by atoms with Crippen LogP contribution in [0.1, 0.15) is 37.0 Å². The molecule has 2 rings (SSSR count). The fourth-order valence-corrected chi connectivity index (χ4v) is 2.98. The van der Waals surface area contributed by atoms with Crippen molar-refractivity contribution in [2.75, 3.05) is 0 Å². The molecule has 0 aromatic heterocycles. The third-order valence-electron chi connectivity index (χ3n) is 2.93. The molecule has 1 aliphatic rings. The highest BCUT2D eigenvalue weighted by Crippen LogP contribution is 2.31. The predicted octanol–water partition coefficient (Wildman–Crippen LogP) is 4.17. The first-order valence-electron chi connectivity index (χ1n) is 6.98. The van der Waals surface area contributed by atoms with Crippen molar-refractivity contribution in [3.05, 3.63) is 58.5 Å². The van der Waals surface area contributed by atoms with Gasteiger partial charge < -0.3 is 0 Å². The highest BCUT2D eigenvalue weighted by atomic mass is 32.2. The minimum absolute atomic E-state index is 0.0887. The molecule has 0 bridgehead atoms. The van der Waals surface area contributed by atoms with Crippen LogP contribution >= 0.6 is 11.8 Å². The lowest BCUT2D eigenvalue weighted by Crippen LogP contribution is -2.09. The molecule has 108 valence electrons. The molecule has 0 radical (unpaired) electrons. The Hall–Kier alpha value is -1.94. The summed E-state index contributed by atoms with van der Waals surface area (Å²) < 4.78 is 0. The first-order valence-corrected chi connectivity index (χ1v) is 7.80. The normalized spacial score (nSPS) is 17.2. The monoisotopic (exact) mass is 299 g/mol. The average molecular weight is 299 g/mol. The van der Waals surface area contributed by atoms with Gasteiger partial charge in [0.05, 0.1) is 10.5 Å². The van der Waals surface area contributed by atoms with E-state index in [1.807, 2.05) is 44.2 Å². The maximum absolute atomic E-state index is 12.6. The number of Topliss-reactive ketones (excluding diaryl/α,β-unsaturated/α-hetero) is 1. The lowest BCUT2D eigenvalue weighted by atomic mass is 10.0. The van der Waals surface area contributed by atoms with E-state index in [1.165, 1.54) is 11.8 Å². The van der Waals surface area contributed by atoms with Gasteiger partial charge in [0.25, 0.3) is 5.91 Å². The summed E-state index contributed by atoms with van der Waals surface area (Å²) in [6.45, 7) is 3.93. The van der Waals surface area contributed by atoms with Crippen LogP contribution in [-0.4, -0.2) is 16.7 Å². The summed E-state index contributed by atoms with van der Waals surface area (Å²) >= 11 is 1.29. The van der Waals surface area contributed by atoms with E-state index in [1.54, 1.807) is 12.1 Å². The summed E-state index contributed by atoms with van der Waals surface area (Å²) in [6, 6.07) is 9.07. The summed E-state index contributed by atoms with van der Waals surface area (Å²) in [5, 5.41) is 0.510. The number of nitrogens with zero attached hydrogens (tertiary/aromatic N) is 1. The van der Waals surface area contributed by atoms with Gasteiger partial charge in [-0.25, -0.2) is 4.99 Å². The van der Waals surface area contributed by atoms with Crippen LogP contribution in [0.3, 0.4) is 0 Å². The van der Waals surface area contributed by atoms with Gasteiger partial charge in [0.1, 0.15) is 5.04 Å². The minimum Gasteiger partial charge on any atom is -0.289 e. The van der Waals surface area contributed by atoms with Crippen molar-refractivity contribution in [1.29, 1.82) is 0 Å². The lowest BCUT2D eigenvalue weighted by molar-refractivity contribution is -0.113. The van der Waals surface area contributed by atoms with Gasteiger partial charge in [-0.3, -0.25) is 9.59 Å². The molecule has 1 amide bonds. The Morgan fingerprint density at radius 2 is 1.90 bits per heavy atom. The zero-order valence-corrected chi connectivity index (χ0v) is 12.9. The third kappa shape index (κ3) is 3.58. The number of allylic oxidation sites excluding steroid dienone is 2. The third-order valence-corrected chi connectivity index (χ3v) is 4.00. The highest BCUT2D eigenvalue weighted by molar-refractivity contribution is 8.19. The molecule has 0 atom stereocenters. The fourth-order valence-electron chi connectivity index (χ4n) is 1.97. The van der Waals surface area contributed by atoms with Gasteiger partial charge in [-0.1, -0.05) is 68.1 Å². The summed E-state index contributed by atoms with van der Waals surface area (Å²) in [7, 11) is 0. The van der Waals surface area contributed by atoms with Crippen molar-refractivity contribution >= 4 is 28.5 Å². The van der Waals surface area contributed by atoms with E-state index >= 15 is 0 Å². The topological polar surface area (TPSA) is 46.5 Å². The number of carbonyl (C=O) groups excluding carboxylic acids is 2. The molecule has 0 N–H and O–H groups in total. The Kier molecular flexibility index (Phi) is 5.28. The van der Waals surface area contributed by atoms with E-state index in [0.29, 0.717) is 27.5 Å². The van der Waals surface area contributed by atoms with Crippen LogP contribution in [0.25, 0.3) is 0 Å². The van der Waals surface area contributed by atoms with E-state index in [4.69, 9.17) is 0 Å². The van der Waals surface area contributed by atoms with Crippen molar-refractivity contribution < 1.29 is 9.59 Å². The van der Waals surface area contributed by atoms with Crippen LogP contribution in [0, 0.1) is 0 Å². The van der Waals surface area contributed by atoms with Gasteiger partial charge in [0.15, 0.2) is 5.78 Å². The van der Waals surface area contributed by atoms with E-state index in [0.717, 1.165) is 6.42 Å².